The molecule has 1 N–H and O–H groups in total. The molecule has 0 aliphatic rings. The van der Waals surface area contributed by atoms with Crippen molar-refractivity contribution in [1.82, 2.24) is 0 Å². The van der Waals surface area contributed by atoms with E-state index in [2.05, 4.69) is 0 Å². The summed E-state index contributed by atoms with van der Waals surface area (Å²) in [6, 6.07) is 16.1. The second-order valence-corrected chi connectivity index (χ2v) is 5.69. The van der Waals surface area contributed by atoms with Crippen LogP contribution in [0.25, 0.3) is 0 Å². The van der Waals surface area contributed by atoms with Crippen LogP contribution in [0.15, 0.2) is 54.6 Å². The predicted molar refractivity (Wildman–Crippen MR) is 86.5 cm³/mol. The normalized spacial score (nSPS) is 13.6. The zero-order chi connectivity index (χ0) is 14.5. The van der Waals surface area contributed by atoms with Gasteiger partial charge in [0.25, 0.3) is 0 Å². The molecule has 0 saturated carbocycles. The SMILES string of the molecule is COc1ccc([C@H](O)[C@H](I)C(=O)c2ccccc2)cc1. The molecule has 0 spiro atoms. The van der Waals surface area contributed by atoms with E-state index in [-0.39, 0.29) is 5.78 Å². The molecule has 0 radical (unpaired) electrons. The molecular formula is C16H15IO3. The highest BCUT2D eigenvalue weighted by molar-refractivity contribution is 14.1. The lowest BCUT2D eigenvalue weighted by atomic mass is 10.00. The smallest absolute Gasteiger partial charge is 0.178 e. The number of ketones is 1. The quantitative estimate of drug-likeness (QED) is 0.490. The van der Waals surface area contributed by atoms with Crippen LogP contribution in [0.1, 0.15) is 22.0 Å². The Hall–Kier alpha value is -1.40. The molecule has 0 unspecified atom stereocenters. The second kappa shape index (κ2) is 6.85. The van der Waals surface area contributed by atoms with Gasteiger partial charge in [-0.2, -0.15) is 0 Å². The summed E-state index contributed by atoms with van der Waals surface area (Å²) in [5, 5.41) is 10.3. The predicted octanol–water partition coefficient (Wildman–Crippen LogP) is 3.42. The molecule has 0 bridgehead atoms. The molecule has 4 heteroatoms. The van der Waals surface area contributed by atoms with E-state index in [9.17, 15) is 9.90 Å². The van der Waals surface area contributed by atoms with E-state index in [0.717, 1.165) is 5.75 Å². The minimum Gasteiger partial charge on any atom is -0.497 e. The number of Topliss-reactive ketones (excluding diaryl/α,β-unsaturated/α-hetero) is 1. The van der Waals surface area contributed by atoms with Crippen LogP contribution in [0.5, 0.6) is 5.75 Å². The Morgan fingerprint density at radius 2 is 1.70 bits per heavy atom. The van der Waals surface area contributed by atoms with Gasteiger partial charge in [-0.15, -0.1) is 0 Å². The largest absolute Gasteiger partial charge is 0.497 e. The van der Waals surface area contributed by atoms with Gasteiger partial charge in [0.1, 0.15) is 9.67 Å². The number of aliphatic hydroxyl groups excluding tert-OH is 1. The van der Waals surface area contributed by atoms with Crippen LogP contribution in [-0.4, -0.2) is 21.9 Å². The lowest BCUT2D eigenvalue weighted by molar-refractivity contribution is 0.0910. The van der Waals surface area contributed by atoms with Crippen LogP contribution in [0.4, 0.5) is 0 Å². The first-order valence-corrected chi connectivity index (χ1v) is 7.43. The van der Waals surface area contributed by atoms with Gasteiger partial charge in [-0.1, -0.05) is 65.1 Å². The summed E-state index contributed by atoms with van der Waals surface area (Å²) in [5.41, 5.74) is 1.31. The minimum atomic E-state index is -0.839. The molecule has 0 heterocycles. The number of carbonyl (C=O) groups is 1. The number of halogens is 1. The van der Waals surface area contributed by atoms with Crippen molar-refractivity contribution in [3.63, 3.8) is 0 Å². The highest BCUT2D eigenvalue weighted by Crippen LogP contribution is 2.27. The van der Waals surface area contributed by atoms with Gasteiger partial charge in [-0.3, -0.25) is 4.79 Å². The number of hydrogen-bond donors (Lipinski definition) is 1. The van der Waals surface area contributed by atoms with Gasteiger partial charge in [-0.25, -0.2) is 0 Å². The Balaban J connectivity index is 2.15. The monoisotopic (exact) mass is 382 g/mol. The molecule has 0 aliphatic carbocycles. The van der Waals surface area contributed by atoms with E-state index in [1.807, 2.05) is 40.8 Å². The lowest BCUT2D eigenvalue weighted by Crippen LogP contribution is -2.22. The van der Waals surface area contributed by atoms with Crippen molar-refractivity contribution in [2.45, 2.75) is 10.0 Å². The highest BCUT2D eigenvalue weighted by atomic mass is 127. The van der Waals surface area contributed by atoms with Crippen LogP contribution in [0, 0.1) is 0 Å². The number of carbonyl (C=O) groups excluding carboxylic acids is 1. The van der Waals surface area contributed by atoms with E-state index in [4.69, 9.17) is 4.74 Å². The maximum atomic E-state index is 12.3. The molecule has 0 fully saturated rings. The Labute approximate surface area is 131 Å². The summed E-state index contributed by atoms with van der Waals surface area (Å²) in [7, 11) is 1.59. The molecule has 0 aromatic heterocycles. The Morgan fingerprint density at radius 1 is 1.10 bits per heavy atom. The molecule has 2 aromatic carbocycles. The van der Waals surface area contributed by atoms with Gasteiger partial charge in [0.15, 0.2) is 5.78 Å². The first-order valence-electron chi connectivity index (χ1n) is 6.19. The fourth-order valence-corrected chi connectivity index (χ4v) is 2.65. The van der Waals surface area contributed by atoms with Gasteiger partial charge in [0.2, 0.25) is 0 Å². The molecule has 3 nitrogen and oxygen atoms in total. The number of methoxy groups -OCH3 is 1. The van der Waals surface area contributed by atoms with Gasteiger partial charge in [0, 0.05) is 5.56 Å². The molecule has 0 amide bonds. The standard InChI is InChI=1S/C16H15IO3/c1-20-13-9-7-12(8-10-13)16(19)14(17)15(18)11-5-3-2-4-6-11/h2-10,14,16,19H,1H3/t14-,16+/m1/s1. The van der Waals surface area contributed by atoms with Gasteiger partial charge >= 0.3 is 0 Å². The van der Waals surface area contributed by atoms with Crippen LogP contribution >= 0.6 is 22.6 Å². The molecule has 20 heavy (non-hydrogen) atoms. The van der Waals surface area contributed by atoms with Gasteiger partial charge in [-0.05, 0) is 17.7 Å². The molecule has 104 valence electrons. The average molecular weight is 382 g/mol. The lowest BCUT2D eigenvalue weighted by Gasteiger charge is -2.17. The zero-order valence-electron chi connectivity index (χ0n) is 11.0. The summed E-state index contributed by atoms with van der Waals surface area (Å²) in [6.07, 6.45) is -0.839. The first-order chi connectivity index (χ1) is 9.63. The van der Waals surface area contributed by atoms with Crippen molar-refractivity contribution in [3.05, 3.63) is 65.7 Å². The highest BCUT2D eigenvalue weighted by Gasteiger charge is 2.26. The molecule has 2 rings (SSSR count). The Morgan fingerprint density at radius 3 is 2.25 bits per heavy atom. The van der Waals surface area contributed by atoms with Crippen molar-refractivity contribution in [2.24, 2.45) is 0 Å². The third-order valence-corrected chi connectivity index (χ3v) is 4.29. The molecular weight excluding hydrogens is 367 g/mol. The van der Waals surface area contributed by atoms with Gasteiger partial charge < -0.3 is 9.84 Å². The molecule has 0 saturated heterocycles. The molecule has 0 aliphatic heterocycles. The number of benzene rings is 2. The van der Waals surface area contributed by atoms with Crippen molar-refractivity contribution >= 4 is 28.4 Å². The van der Waals surface area contributed by atoms with E-state index < -0.39 is 10.0 Å². The van der Waals surface area contributed by atoms with Crippen LogP contribution in [0.3, 0.4) is 0 Å². The maximum Gasteiger partial charge on any atom is 0.178 e. The first kappa shape index (κ1) is 15.0. The summed E-state index contributed by atoms with van der Waals surface area (Å²) in [6.45, 7) is 0. The summed E-state index contributed by atoms with van der Waals surface area (Å²) < 4.78 is 4.55. The van der Waals surface area contributed by atoms with Gasteiger partial charge in [0.05, 0.1) is 13.2 Å². The molecule has 2 aromatic rings. The summed E-state index contributed by atoms with van der Waals surface area (Å²) >= 11 is 1.99. The van der Waals surface area contributed by atoms with E-state index in [0.29, 0.717) is 11.1 Å². The fraction of sp³-hybridized carbons (Fsp3) is 0.188. The van der Waals surface area contributed by atoms with Crippen molar-refractivity contribution in [3.8, 4) is 5.75 Å². The summed E-state index contributed by atoms with van der Waals surface area (Å²) in [5.74, 6) is 0.648. The van der Waals surface area contributed by atoms with Crippen molar-refractivity contribution in [1.29, 1.82) is 0 Å². The van der Waals surface area contributed by atoms with Crippen molar-refractivity contribution < 1.29 is 14.6 Å². The van der Waals surface area contributed by atoms with E-state index >= 15 is 0 Å². The second-order valence-electron chi connectivity index (χ2n) is 4.35. The number of rotatable bonds is 5. The van der Waals surface area contributed by atoms with Crippen LogP contribution in [0.2, 0.25) is 0 Å². The topological polar surface area (TPSA) is 46.5 Å². The number of aliphatic hydroxyl groups is 1. The third kappa shape index (κ3) is 3.37. The zero-order valence-corrected chi connectivity index (χ0v) is 13.2. The van der Waals surface area contributed by atoms with Crippen LogP contribution in [-0.2, 0) is 0 Å². The molecule has 2 atom stereocenters. The Kier molecular flexibility index (Phi) is 5.14. The number of hydrogen-bond acceptors (Lipinski definition) is 3. The van der Waals surface area contributed by atoms with Crippen LogP contribution < -0.4 is 4.74 Å². The number of alkyl halides is 1. The summed E-state index contributed by atoms with van der Waals surface area (Å²) in [4.78, 5) is 12.3. The van der Waals surface area contributed by atoms with E-state index in [1.54, 1.807) is 43.5 Å². The minimum absolute atomic E-state index is 0.0745. The maximum absolute atomic E-state index is 12.3. The average Bonchev–Trinajstić information content (AvgIpc) is 2.53. The Bertz CT molecular complexity index is 566. The van der Waals surface area contributed by atoms with Crippen molar-refractivity contribution in [2.75, 3.05) is 7.11 Å². The third-order valence-electron chi connectivity index (χ3n) is 3.04. The van der Waals surface area contributed by atoms with E-state index in [1.165, 1.54) is 0 Å². The fourth-order valence-electron chi connectivity index (χ4n) is 1.88. The number of ether oxygens (including phenoxy) is 1.